The van der Waals surface area contributed by atoms with Gasteiger partial charge in [0.2, 0.25) is 5.75 Å². The number of aryl methyl sites for hydroxylation is 2. The Kier molecular flexibility index (Phi) is 11.0. The van der Waals surface area contributed by atoms with E-state index in [2.05, 4.69) is 16.4 Å². The molecule has 3 aliphatic rings. The van der Waals surface area contributed by atoms with Crippen LogP contribution in [0, 0.1) is 11.8 Å². The smallest absolute Gasteiger partial charge is 0.200 e. The minimum absolute atomic E-state index is 0.0404. The van der Waals surface area contributed by atoms with Gasteiger partial charge in [-0.2, -0.15) is 11.9 Å². The van der Waals surface area contributed by atoms with Crippen LogP contribution >= 0.6 is 0 Å². The van der Waals surface area contributed by atoms with E-state index < -0.39 is 23.4 Å². The number of fused-ring (bicyclic) bond motifs is 7. The highest BCUT2D eigenvalue weighted by atomic mass is 16.5. The van der Waals surface area contributed by atoms with E-state index in [1.54, 1.807) is 36.7 Å². The number of Topliss-reactive ketones (excluding diaryl/α,β-unsaturated/α-hetero) is 1. The third-order valence-corrected chi connectivity index (χ3v) is 13.7. The topological polar surface area (TPSA) is 176 Å². The van der Waals surface area contributed by atoms with E-state index >= 15 is 4.79 Å². The van der Waals surface area contributed by atoms with Gasteiger partial charge in [0.1, 0.15) is 17.4 Å². The van der Waals surface area contributed by atoms with E-state index in [1.807, 2.05) is 42.5 Å². The predicted octanol–water partition coefficient (Wildman–Crippen LogP) is 8.67. The first-order chi connectivity index (χ1) is 29.6. The molecule has 1 saturated carbocycles. The predicted molar refractivity (Wildman–Crippen MR) is 232 cm³/mol. The van der Waals surface area contributed by atoms with E-state index in [1.165, 1.54) is 13.2 Å². The second-order valence-corrected chi connectivity index (χ2v) is 17.1. The summed E-state index contributed by atoms with van der Waals surface area (Å²) < 4.78 is 11.4. The Morgan fingerprint density at radius 2 is 1.84 bits per heavy atom. The van der Waals surface area contributed by atoms with Gasteiger partial charge in [-0.05, 0) is 151 Å². The van der Waals surface area contributed by atoms with Crippen LogP contribution in [0.1, 0.15) is 84.4 Å². The van der Waals surface area contributed by atoms with Crippen LogP contribution in [0.3, 0.4) is 0 Å². The number of aromatic nitrogens is 2. The highest BCUT2D eigenvalue weighted by Crippen LogP contribution is 2.55. The standard InChI is InChI=1S/C50H52N3O8/c1-60-45-26-32(25-44(58)48(45)59)30-8-13-39-37-14-12-36(54)23-31(37)9-15-40(39)53-46-28-34(18-21-52-46)50(19-2-5-33(50)27-35-6-3-20-51-35)47(43(57)24-30)41(55)16-10-29-11-17-42(56)49-38(29)7-4-22-61-49/h3,6,9,11-12,14-15,17-18,20-21,23,25-26,28,30,33,41,47,54-56,58-59H,2,4-5,7-8,10,13,16,19,22,24,27H2,1H3,(H,52,53)/q-1. The minimum atomic E-state index is -1.05. The molecule has 6 N–H and O–H groups in total. The summed E-state index contributed by atoms with van der Waals surface area (Å²) in [5, 5.41) is 61.0. The number of ether oxygens (including phenoxy) is 2. The first kappa shape index (κ1) is 40.2. The third kappa shape index (κ3) is 7.60. The van der Waals surface area contributed by atoms with E-state index in [0.29, 0.717) is 62.3 Å². The van der Waals surface area contributed by atoms with Gasteiger partial charge in [-0.25, -0.2) is 4.98 Å². The van der Waals surface area contributed by atoms with Gasteiger partial charge >= 0.3 is 0 Å². The van der Waals surface area contributed by atoms with Gasteiger partial charge in [0.05, 0.1) is 25.7 Å². The number of methoxy groups -OCH3 is 1. The van der Waals surface area contributed by atoms with Gasteiger partial charge in [0.15, 0.2) is 23.0 Å². The number of hydrogen-bond donors (Lipinski definition) is 6. The van der Waals surface area contributed by atoms with E-state index in [-0.39, 0.29) is 46.9 Å². The summed E-state index contributed by atoms with van der Waals surface area (Å²) in [4.78, 5) is 25.3. The van der Waals surface area contributed by atoms with Gasteiger partial charge in [-0.3, -0.25) is 4.79 Å². The molecule has 1 fully saturated rings. The molecule has 5 atom stereocenters. The van der Waals surface area contributed by atoms with Crippen molar-refractivity contribution in [3.05, 3.63) is 125 Å². The van der Waals surface area contributed by atoms with Crippen LogP contribution in [0.15, 0.2) is 91.3 Å². The Hall–Kier alpha value is -6.20. The number of pyridine rings is 1. The van der Waals surface area contributed by atoms with Gasteiger partial charge in [0, 0.05) is 29.3 Å². The van der Waals surface area contributed by atoms with Crippen molar-refractivity contribution in [3.8, 4) is 34.5 Å². The molecule has 316 valence electrons. The van der Waals surface area contributed by atoms with E-state index in [9.17, 15) is 25.5 Å². The molecule has 4 aromatic carbocycles. The summed E-state index contributed by atoms with van der Waals surface area (Å²) in [5.74, 6) is -0.655. The number of rotatable bonds is 8. The lowest BCUT2D eigenvalue weighted by Gasteiger charge is -2.45. The van der Waals surface area contributed by atoms with Crippen molar-refractivity contribution < 1.29 is 39.8 Å². The van der Waals surface area contributed by atoms with Crippen molar-refractivity contribution in [3.63, 3.8) is 0 Å². The average Bonchev–Trinajstić information content (AvgIpc) is 3.94. The molecule has 2 aliphatic heterocycles. The molecular weight excluding hydrogens is 771 g/mol. The number of nitrogens with zero attached hydrogens (tertiary/aromatic N) is 2. The highest BCUT2D eigenvalue weighted by Gasteiger charge is 2.54. The first-order valence-corrected chi connectivity index (χ1v) is 21.4. The van der Waals surface area contributed by atoms with Crippen LogP contribution in [-0.2, 0) is 35.9 Å². The maximum absolute atomic E-state index is 15.8. The van der Waals surface area contributed by atoms with Gasteiger partial charge in [-0.1, -0.05) is 36.8 Å². The second-order valence-electron chi connectivity index (χ2n) is 17.1. The summed E-state index contributed by atoms with van der Waals surface area (Å²) >= 11 is 0. The van der Waals surface area contributed by atoms with E-state index in [4.69, 9.17) is 14.5 Å². The van der Waals surface area contributed by atoms with Crippen molar-refractivity contribution in [2.24, 2.45) is 11.8 Å². The number of carbonyl (C=O) groups excluding carboxylic acids is 1. The monoisotopic (exact) mass is 822 g/mol. The maximum atomic E-state index is 15.8. The van der Waals surface area contributed by atoms with Gasteiger partial charge < -0.3 is 45.3 Å². The minimum Gasteiger partial charge on any atom is -0.668 e. The lowest BCUT2D eigenvalue weighted by molar-refractivity contribution is -0.132. The van der Waals surface area contributed by atoms with E-state index in [0.717, 1.165) is 70.1 Å². The normalized spacial score (nSPS) is 21.9. The molecule has 11 nitrogen and oxygen atoms in total. The molecule has 5 unspecified atom stereocenters. The Labute approximate surface area is 355 Å². The third-order valence-electron chi connectivity index (χ3n) is 13.7. The number of hydrogen-bond acceptors (Lipinski definition) is 10. The Balaban J connectivity index is 1.21. The summed E-state index contributed by atoms with van der Waals surface area (Å²) in [6.45, 7) is 0.533. The van der Waals surface area contributed by atoms with Crippen LogP contribution in [0.4, 0.5) is 11.5 Å². The zero-order valence-electron chi connectivity index (χ0n) is 34.3. The molecule has 2 bridgehead atoms. The lowest BCUT2D eigenvalue weighted by Crippen LogP contribution is -2.50. The van der Waals surface area contributed by atoms with Crippen molar-refractivity contribution in [2.45, 2.75) is 88.1 Å². The van der Waals surface area contributed by atoms with Crippen LogP contribution < -0.4 is 19.8 Å². The highest BCUT2D eigenvalue weighted by molar-refractivity contribution is 5.92. The number of phenolic OH excluding ortho intramolecular Hbond substituents is 4. The SMILES string of the molecule is COc1cc(C2CCc3c(ccc4cc(O)ccc34)Nc3cc(ccn3)C3(CCCC3Cc3ccc[n-]3)C(C(O)CCc3ccc(O)c4c3CCCO4)C(=O)C2)cc(O)c1O. The number of aliphatic hydroxyl groups excluding tert-OH is 1. The second kappa shape index (κ2) is 16.7. The molecule has 4 heterocycles. The van der Waals surface area contributed by atoms with Crippen LogP contribution in [-0.4, -0.2) is 56.1 Å². The Morgan fingerprint density at radius 1 is 0.951 bits per heavy atom. The van der Waals surface area contributed by atoms with Gasteiger partial charge in [-0.15, -0.1) is 0 Å². The molecule has 9 rings (SSSR count). The molecule has 1 spiro atoms. The summed E-state index contributed by atoms with van der Waals surface area (Å²) in [5.41, 5.74) is 5.45. The number of anilines is 2. The number of phenols is 4. The fraction of sp³-hybridized carbons (Fsp3) is 0.360. The summed E-state index contributed by atoms with van der Waals surface area (Å²) in [7, 11) is 1.43. The van der Waals surface area contributed by atoms with Gasteiger partial charge in [0.25, 0.3) is 0 Å². The molecule has 6 aromatic rings. The average molecular weight is 823 g/mol. The molecule has 0 radical (unpaired) electrons. The zero-order chi connectivity index (χ0) is 42.3. The number of nitrogens with one attached hydrogen (secondary N) is 1. The first-order valence-electron chi connectivity index (χ1n) is 21.4. The maximum Gasteiger partial charge on any atom is 0.200 e. The molecule has 61 heavy (non-hydrogen) atoms. The number of aliphatic hydroxyl groups is 1. The molecule has 0 saturated heterocycles. The fourth-order valence-electron chi connectivity index (χ4n) is 10.9. The Bertz CT molecular complexity index is 2570. The fourth-order valence-corrected chi connectivity index (χ4v) is 10.9. The molecule has 2 aromatic heterocycles. The number of aromatic hydroxyl groups is 4. The number of benzene rings is 4. The van der Waals surface area contributed by atoms with Crippen LogP contribution in [0.2, 0.25) is 0 Å². The number of carbonyl (C=O) groups is 1. The van der Waals surface area contributed by atoms with Crippen LogP contribution in [0.25, 0.3) is 10.8 Å². The number of ketones is 1. The van der Waals surface area contributed by atoms with Crippen molar-refractivity contribution in [2.75, 3.05) is 19.0 Å². The largest absolute Gasteiger partial charge is 0.668 e. The molecule has 0 amide bonds. The summed E-state index contributed by atoms with van der Waals surface area (Å²) in [6, 6.07) is 24.1. The summed E-state index contributed by atoms with van der Waals surface area (Å²) in [6.07, 6.45) is 8.91. The zero-order valence-corrected chi connectivity index (χ0v) is 34.3. The van der Waals surface area contributed by atoms with Crippen molar-refractivity contribution in [1.82, 2.24) is 9.97 Å². The quantitative estimate of drug-likeness (QED) is 0.0811. The Morgan fingerprint density at radius 3 is 2.67 bits per heavy atom. The molecular formula is C50H52N3O8-. The lowest BCUT2D eigenvalue weighted by atomic mass is 9.58. The van der Waals surface area contributed by atoms with Crippen LogP contribution in [0.5, 0.6) is 34.5 Å². The van der Waals surface area contributed by atoms with Crippen molar-refractivity contribution in [1.29, 1.82) is 0 Å². The molecule has 1 aliphatic carbocycles. The molecule has 11 heteroatoms. The van der Waals surface area contributed by atoms with Crippen molar-refractivity contribution >= 4 is 28.1 Å².